The van der Waals surface area contributed by atoms with Crippen molar-refractivity contribution in [3.8, 4) is 0 Å². The molecule has 0 aliphatic heterocycles. The zero-order valence-corrected chi connectivity index (χ0v) is 12.2. The van der Waals surface area contributed by atoms with E-state index in [9.17, 15) is 10.1 Å². The Morgan fingerprint density at radius 3 is 2.57 bits per heavy atom. The molecule has 0 bridgehead atoms. The van der Waals surface area contributed by atoms with Crippen LogP contribution in [0.3, 0.4) is 0 Å². The molecule has 0 spiro atoms. The molecule has 0 aromatic heterocycles. The second-order valence-electron chi connectivity index (χ2n) is 5.85. The Balaban J connectivity index is 1.78. The quantitative estimate of drug-likeness (QED) is 0.541. The second kappa shape index (κ2) is 7.49. The van der Waals surface area contributed by atoms with E-state index < -0.39 is 4.92 Å². The maximum absolute atomic E-state index is 10.6. The minimum Gasteiger partial charge on any atom is -0.326 e. The maximum atomic E-state index is 10.6. The van der Waals surface area contributed by atoms with Crippen LogP contribution in [-0.2, 0) is 6.42 Å². The minimum absolute atomic E-state index is 0.0133. The fraction of sp³-hybridized carbons (Fsp3) is 0.600. The molecule has 6 heteroatoms. The molecule has 1 aliphatic rings. The highest BCUT2D eigenvalue weighted by atomic mass is 16.6. The molecule has 2 rings (SSSR count). The molecule has 0 amide bonds. The summed E-state index contributed by atoms with van der Waals surface area (Å²) in [5.74, 6) is 0. The van der Waals surface area contributed by atoms with Crippen LogP contribution in [0.2, 0.25) is 0 Å². The molecule has 0 heterocycles. The molecular weight excluding hydrogens is 268 g/mol. The van der Waals surface area contributed by atoms with Crippen LogP contribution >= 0.6 is 0 Å². The van der Waals surface area contributed by atoms with Crippen molar-refractivity contribution >= 4 is 5.69 Å². The monoisotopic (exact) mass is 292 g/mol. The van der Waals surface area contributed by atoms with Crippen LogP contribution in [0.1, 0.15) is 31.2 Å². The third kappa shape index (κ3) is 4.77. The molecule has 1 aromatic carbocycles. The van der Waals surface area contributed by atoms with E-state index >= 15 is 0 Å². The lowest BCUT2D eigenvalue weighted by molar-refractivity contribution is -0.384. The zero-order chi connectivity index (χ0) is 15.2. The number of nitro benzene ring substituents is 1. The van der Waals surface area contributed by atoms with Crippen molar-refractivity contribution in [2.24, 2.45) is 11.5 Å². The first-order chi connectivity index (χ1) is 10.1. The number of non-ortho nitro benzene ring substituents is 1. The lowest BCUT2D eigenvalue weighted by atomic mass is 9.91. The summed E-state index contributed by atoms with van der Waals surface area (Å²) in [5, 5.41) is 14.1. The number of nitrogens with one attached hydrogen (secondary N) is 1. The largest absolute Gasteiger partial charge is 0.326 e. The van der Waals surface area contributed by atoms with Gasteiger partial charge in [0.25, 0.3) is 5.69 Å². The molecule has 116 valence electrons. The van der Waals surface area contributed by atoms with Crippen LogP contribution in [0.15, 0.2) is 24.3 Å². The van der Waals surface area contributed by atoms with Crippen molar-refractivity contribution in [2.75, 3.05) is 6.54 Å². The molecular formula is C15H24N4O2. The van der Waals surface area contributed by atoms with Gasteiger partial charge in [-0.15, -0.1) is 0 Å². The average Bonchev–Trinajstić information content (AvgIpc) is 2.47. The fourth-order valence-electron chi connectivity index (χ4n) is 2.84. The van der Waals surface area contributed by atoms with Crippen molar-refractivity contribution in [3.05, 3.63) is 39.9 Å². The van der Waals surface area contributed by atoms with Crippen LogP contribution in [0.25, 0.3) is 0 Å². The van der Waals surface area contributed by atoms with Gasteiger partial charge in [0, 0.05) is 36.8 Å². The molecule has 1 fully saturated rings. The van der Waals surface area contributed by atoms with E-state index in [2.05, 4.69) is 5.32 Å². The number of nitrogens with two attached hydrogens (primary N) is 2. The lowest BCUT2D eigenvalue weighted by Crippen LogP contribution is -2.50. The summed E-state index contributed by atoms with van der Waals surface area (Å²) in [6.45, 7) is 0.718. The molecule has 0 radical (unpaired) electrons. The minimum atomic E-state index is -0.393. The highest BCUT2D eigenvalue weighted by molar-refractivity contribution is 5.33. The molecule has 1 saturated carbocycles. The standard InChI is InChI=1S/C15H24N4O2/c16-12(10-18-15-4-2-1-3-14(15)17)9-11-5-7-13(8-6-11)19(20)21/h5-8,12,14-15,18H,1-4,9-10,16-17H2/t12?,14?,15-/m0/s1. The van der Waals surface area contributed by atoms with Gasteiger partial charge in [0.15, 0.2) is 0 Å². The average molecular weight is 292 g/mol. The third-order valence-electron chi connectivity index (χ3n) is 4.11. The van der Waals surface area contributed by atoms with Crippen LogP contribution < -0.4 is 16.8 Å². The predicted octanol–water partition coefficient (Wildman–Crippen LogP) is 1.32. The Morgan fingerprint density at radius 2 is 1.95 bits per heavy atom. The van der Waals surface area contributed by atoms with Gasteiger partial charge in [0.05, 0.1) is 4.92 Å². The second-order valence-corrected chi connectivity index (χ2v) is 5.85. The highest BCUT2D eigenvalue weighted by Gasteiger charge is 2.21. The summed E-state index contributed by atoms with van der Waals surface area (Å²) in [7, 11) is 0. The van der Waals surface area contributed by atoms with Gasteiger partial charge in [0.1, 0.15) is 0 Å². The van der Waals surface area contributed by atoms with Crippen molar-refractivity contribution < 1.29 is 4.92 Å². The third-order valence-corrected chi connectivity index (χ3v) is 4.11. The molecule has 2 unspecified atom stereocenters. The number of nitro groups is 1. The maximum Gasteiger partial charge on any atom is 0.269 e. The van der Waals surface area contributed by atoms with Crippen LogP contribution in [0.4, 0.5) is 5.69 Å². The van der Waals surface area contributed by atoms with Gasteiger partial charge in [0.2, 0.25) is 0 Å². The van der Waals surface area contributed by atoms with Crippen molar-refractivity contribution in [1.82, 2.24) is 5.32 Å². The first-order valence-electron chi connectivity index (χ1n) is 7.54. The van der Waals surface area contributed by atoms with Gasteiger partial charge in [-0.25, -0.2) is 0 Å². The van der Waals surface area contributed by atoms with E-state index in [1.54, 1.807) is 12.1 Å². The number of benzene rings is 1. The van der Waals surface area contributed by atoms with Crippen LogP contribution in [0.5, 0.6) is 0 Å². The Labute approximate surface area is 125 Å². The highest BCUT2D eigenvalue weighted by Crippen LogP contribution is 2.17. The Bertz CT molecular complexity index is 463. The number of hydrogen-bond acceptors (Lipinski definition) is 5. The summed E-state index contributed by atoms with van der Waals surface area (Å²) in [4.78, 5) is 10.2. The van der Waals surface area contributed by atoms with Crippen molar-refractivity contribution in [3.63, 3.8) is 0 Å². The van der Waals surface area contributed by atoms with E-state index in [1.165, 1.54) is 25.0 Å². The Kier molecular flexibility index (Phi) is 5.67. The normalized spacial score (nSPS) is 23.7. The van der Waals surface area contributed by atoms with Gasteiger partial charge >= 0.3 is 0 Å². The SMILES string of the molecule is NC(CN[C@H]1CCCCC1N)Cc1ccc([N+](=O)[O-])cc1. The van der Waals surface area contributed by atoms with Crippen LogP contribution in [-0.4, -0.2) is 29.6 Å². The van der Waals surface area contributed by atoms with Crippen molar-refractivity contribution in [2.45, 2.75) is 50.2 Å². The van der Waals surface area contributed by atoms with E-state index in [1.807, 2.05) is 0 Å². The molecule has 1 aromatic rings. The Hall–Kier alpha value is -1.50. The number of hydrogen-bond donors (Lipinski definition) is 3. The van der Waals surface area contributed by atoms with Gasteiger partial charge < -0.3 is 16.8 Å². The van der Waals surface area contributed by atoms with Gasteiger partial charge in [-0.2, -0.15) is 0 Å². The number of nitrogens with zero attached hydrogens (tertiary/aromatic N) is 1. The molecule has 21 heavy (non-hydrogen) atoms. The molecule has 0 saturated heterocycles. The summed E-state index contributed by atoms with van der Waals surface area (Å²) >= 11 is 0. The molecule has 6 nitrogen and oxygen atoms in total. The van der Waals surface area contributed by atoms with Gasteiger partial charge in [-0.3, -0.25) is 10.1 Å². The fourth-order valence-corrected chi connectivity index (χ4v) is 2.84. The first kappa shape index (κ1) is 15.9. The smallest absolute Gasteiger partial charge is 0.269 e. The van der Waals surface area contributed by atoms with E-state index in [0.29, 0.717) is 12.5 Å². The lowest BCUT2D eigenvalue weighted by Gasteiger charge is -2.30. The van der Waals surface area contributed by atoms with E-state index in [4.69, 9.17) is 11.5 Å². The first-order valence-corrected chi connectivity index (χ1v) is 7.54. The summed E-state index contributed by atoms with van der Waals surface area (Å²) in [5.41, 5.74) is 13.4. The molecule has 3 atom stereocenters. The van der Waals surface area contributed by atoms with E-state index in [-0.39, 0.29) is 17.8 Å². The molecule has 5 N–H and O–H groups in total. The Morgan fingerprint density at radius 1 is 1.29 bits per heavy atom. The van der Waals surface area contributed by atoms with Gasteiger partial charge in [-0.1, -0.05) is 25.0 Å². The topological polar surface area (TPSA) is 107 Å². The number of rotatable bonds is 6. The van der Waals surface area contributed by atoms with Gasteiger partial charge in [-0.05, 0) is 24.8 Å². The van der Waals surface area contributed by atoms with Crippen molar-refractivity contribution in [1.29, 1.82) is 0 Å². The summed E-state index contributed by atoms with van der Waals surface area (Å²) in [6, 6.07) is 7.15. The predicted molar refractivity (Wildman–Crippen MR) is 83.0 cm³/mol. The van der Waals surface area contributed by atoms with Crippen LogP contribution in [0, 0.1) is 10.1 Å². The summed E-state index contributed by atoms with van der Waals surface area (Å²) < 4.78 is 0. The molecule has 1 aliphatic carbocycles. The zero-order valence-electron chi connectivity index (χ0n) is 12.2. The van der Waals surface area contributed by atoms with E-state index in [0.717, 1.165) is 24.9 Å². The summed E-state index contributed by atoms with van der Waals surface area (Å²) in [6.07, 6.45) is 5.34.